The summed E-state index contributed by atoms with van der Waals surface area (Å²) in [5.74, 6) is 0. The van der Waals surface area contributed by atoms with Gasteiger partial charge in [0.1, 0.15) is 0 Å². The van der Waals surface area contributed by atoms with E-state index in [4.69, 9.17) is 0 Å². The van der Waals surface area contributed by atoms with Crippen LogP contribution in [0.2, 0.25) is 0 Å². The molecular formula is C27H19Br. The molecule has 134 valence electrons. The first-order valence-electron chi connectivity index (χ1n) is 9.74. The van der Waals surface area contributed by atoms with E-state index in [-0.39, 0.29) is 5.41 Å². The molecule has 1 aliphatic rings. The van der Waals surface area contributed by atoms with Crippen molar-refractivity contribution in [3.8, 4) is 11.1 Å². The molecule has 5 aromatic carbocycles. The standard InChI is InChI=1S/C27H19Br/c1-27(2)25-13-16(28)11-12-21(25)24-14-22-19-9-5-3-7-17(19)18-8-4-6-10-20(18)23(22)15-26(24)27/h3-15H,1-2H3. The van der Waals surface area contributed by atoms with Crippen molar-refractivity contribution in [1.82, 2.24) is 0 Å². The molecule has 0 atom stereocenters. The zero-order chi connectivity index (χ0) is 19.0. The second-order valence-electron chi connectivity index (χ2n) is 8.35. The maximum atomic E-state index is 3.67. The third-order valence-electron chi connectivity index (χ3n) is 6.50. The summed E-state index contributed by atoms with van der Waals surface area (Å²) < 4.78 is 1.15. The zero-order valence-electron chi connectivity index (χ0n) is 15.9. The van der Waals surface area contributed by atoms with Crippen molar-refractivity contribution in [3.05, 3.63) is 94.5 Å². The molecule has 0 spiro atoms. The van der Waals surface area contributed by atoms with Crippen LogP contribution in [0.3, 0.4) is 0 Å². The number of halogens is 1. The minimum atomic E-state index is -0.00458. The fourth-order valence-electron chi connectivity index (χ4n) is 5.10. The van der Waals surface area contributed by atoms with Gasteiger partial charge in [0.2, 0.25) is 0 Å². The molecule has 0 bridgehead atoms. The lowest BCUT2D eigenvalue weighted by molar-refractivity contribution is 0.661. The molecule has 0 radical (unpaired) electrons. The third-order valence-corrected chi connectivity index (χ3v) is 6.99. The van der Waals surface area contributed by atoms with Gasteiger partial charge in [0.05, 0.1) is 0 Å². The molecule has 0 heterocycles. The molecule has 0 aromatic heterocycles. The second kappa shape index (κ2) is 5.46. The van der Waals surface area contributed by atoms with Crippen LogP contribution in [0, 0.1) is 0 Å². The van der Waals surface area contributed by atoms with Gasteiger partial charge in [0.25, 0.3) is 0 Å². The van der Waals surface area contributed by atoms with Gasteiger partial charge in [-0.3, -0.25) is 0 Å². The highest BCUT2D eigenvalue weighted by Gasteiger charge is 2.36. The SMILES string of the molecule is CC1(C)c2cc(Br)ccc2-c2cc3c4ccccc4c4ccccc4c3cc21. The zero-order valence-corrected chi connectivity index (χ0v) is 17.5. The molecule has 5 aromatic rings. The summed E-state index contributed by atoms with van der Waals surface area (Å²) in [4.78, 5) is 0. The Morgan fingerprint density at radius 2 is 1.04 bits per heavy atom. The van der Waals surface area contributed by atoms with Crippen LogP contribution < -0.4 is 0 Å². The summed E-state index contributed by atoms with van der Waals surface area (Å²) in [7, 11) is 0. The maximum Gasteiger partial charge on any atom is 0.0178 e. The Balaban J connectivity index is 1.85. The summed E-state index contributed by atoms with van der Waals surface area (Å²) in [6, 6.07) is 29.2. The molecule has 1 aliphatic carbocycles. The average Bonchev–Trinajstić information content (AvgIpc) is 2.93. The van der Waals surface area contributed by atoms with Crippen molar-refractivity contribution in [2.24, 2.45) is 0 Å². The van der Waals surface area contributed by atoms with Crippen LogP contribution in [0.5, 0.6) is 0 Å². The monoisotopic (exact) mass is 422 g/mol. The van der Waals surface area contributed by atoms with E-state index in [0.717, 1.165) is 4.47 Å². The molecule has 0 nitrogen and oxygen atoms in total. The number of fused-ring (bicyclic) bond motifs is 9. The molecule has 0 saturated carbocycles. The highest BCUT2D eigenvalue weighted by atomic mass is 79.9. The second-order valence-corrected chi connectivity index (χ2v) is 9.27. The average molecular weight is 423 g/mol. The van der Waals surface area contributed by atoms with E-state index in [2.05, 4.69) is 109 Å². The smallest absolute Gasteiger partial charge is 0.0178 e. The first-order chi connectivity index (χ1) is 13.6. The number of rotatable bonds is 0. The summed E-state index contributed by atoms with van der Waals surface area (Å²) in [5, 5.41) is 8.04. The fraction of sp³-hybridized carbons (Fsp3) is 0.111. The van der Waals surface area contributed by atoms with Crippen LogP contribution in [0.25, 0.3) is 43.4 Å². The minimum absolute atomic E-state index is 0.00458. The predicted molar refractivity (Wildman–Crippen MR) is 124 cm³/mol. The number of benzene rings is 5. The summed E-state index contributed by atoms with van der Waals surface area (Å²) in [5.41, 5.74) is 5.56. The van der Waals surface area contributed by atoms with E-state index in [1.165, 1.54) is 54.6 Å². The van der Waals surface area contributed by atoms with Gasteiger partial charge in [0, 0.05) is 9.89 Å². The third kappa shape index (κ3) is 2.00. The molecule has 0 N–H and O–H groups in total. The molecule has 0 saturated heterocycles. The van der Waals surface area contributed by atoms with Crippen LogP contribution in [-0.2, 0) is 5.41 Å². The summed E-state index contributed by atoms with van der Waals surface area (Å²) >= 11 is 3.67. The first kappa shape index (κ1) is 16.3. The van der Waals surface area contributed by atoms with Crippen LogP contribution >= 0.6 is 15.9 Å². The lowest BCUT2D eigenvalue weighted by Gasteiger charge is -2.22. The fourth-order valence-corrected chi connectivity index (χ4v) is 5.47. The van der Waals surface area contributed by atoms with Gasteiger partial charge in [-0.2, -0.15) is 0 Å². The lowest BCUT2D eigenvalue weighted by atomic mass is 9.81. The highest BCUT2D eigenvalue weighted by Crippen LogP contribution is 2.51. The molecule has 0 unspecified atom stereocenters. The van der Waals surface area contributed by atoms with Crippen LogP contribution in [-0.4, -0.2) is 0 Å². The van der Waals surface area contributed by atoms with Crippen molar-refractivity contribution >= 4 is 48.2 Å². The Morgan fingerprint density at radius 1 is 0.536 bits per heavy atom. The Hall–Kier alpha value is -2.64. The molecule has 1 heteroatoms. The van der Waals surface area contributed by atoms with E-state index in [9.17, 15) is 0 Å². The first-order valence-corrected chi connectivity index (χ1v) is 10.5. The van der Waals surface area contributed by atoms with Crippen molar-refractivity contribution in [2.45, 2.75) is 19.3 Å². The molecule has 0 fully saturated rings. The highest BCUT2D eigenvalue weighted by molar-refractivity contribution is 9.10. The van der Waals surface area contributed by atoms with E-state index in [0.29, 0.717) is 0 Å². The minimum Gasteiger partial charge on any atom is -0.0616 e. The van der Waals surface area contributed by atoms with Gasteiger partial charge >= 0.3 is 0 Å². The predicted octanol–water partition coefficient (Wildman–Crippen LogP) is 8.22. The van der Waals surface area contributed by atoms with E-state index >= 15 is 0 Å². The quantitative estimate of drug-likeness (QED) is 0.220. The topological polar surface area (TPSA) is 0 Å². The van der Waals surface area contributed by atoms with Crippen molar-refractivity contribution in [2.75, 3.05) is 0 Å². The Labute approximate surface area is 172 Å². The summed E-state index contributed by atoms with van der Waals surface area (Å²) in [6.45, 7) is 4.69. The van der Waals surface area contributed by atoms with Crippen LogP contribution in [0.4, 0.5) is 0 Å². The van der Waals surface area contributed by atoms with Gasteiger partial charge in [-0.25, -0.2) is 0 Å². The van der Waals surface area contributed by atoms with E-state index in [1.807, 2.05) is 0 Å². The molecular weight excluding hydrogens is 404 g/mol. The normalized spacial score (nSPS) is 14.5. The Bertz CT molecular complexity index is 1440. The van der Waals surface area contributed by atoms with Gasteiger partial charge in [0.15, 0.2) is 0 Å². The molecule has 6 rings (SSSR count). The van der Waals surface area contributed by atoms with Crippen molar-refractivity contribution < 1.29 is 0 Å². The van der Waals surface area contributed by atoms with E-state index < -0.39 is 0 Å². The molecule has 0 aliphatic heterocycles. The van der Waals surface area contributed by atoms with Gasteiger partial charge < -0.3 is 0 Å². The number of hydrogen-bond acceptors (Lipinski definition) is 0. The van der Waals surface area contributed by atoms with Gasteiger partial charge in [-0.05, 0) is 78.8 Å². The maximum absolute atomic E-state index is 3.67. The largest absolute Gasteiger partial charge is 0.0616 e. The van der Waals surface area contributed by atoms with Crippen molar-refractivity contribution in [3.63, 3.8) is 0 Å². The Morgan fingerprint density at radius 3 is 1.64 bits per heavy atom. The van der Waals surface area contributed by atoms with E-state index in [1.54, 1.807) is 0 Å². The molecule has 0 amide bonds. The van der Waals surface area contributed by atoms with Crippen molar-refractivity contribution in [1.29, 1.82) is 0 Å². The van der Waals surface area contributed by atoms with Gasteiger partial charge in [-0.1, -0.05) is 84.4 Å². The van der Waals surface area contributed by atoms with Gasteiger partial charge in [-0.15, -0.1) is 0 Å². The van der Waals surface area contributed by atoms with Crippen LogP contribution in [0.15, 0.2) is 83.3 Å². The summed E-state index contributed by atoms with van der Waals surface area (Å²) in [6.07, 6.45) is 0. The molecule has 28 heavy (non-hydrogen) atoms. The number of hydrogen-bond donors (Lipinski definition) is 0. The Kier molecular flexibility index (Phi) is 3.18. The van der Waals surface area contributed by atoms with Crippen LogP contribution in [0.1, 0.15) is 25.0 Å². The lowest BCUT2D eigenvalue weighted by Crippen LogP contribution is -2.14.